The zero-order chi connectivity index (χ0) is 34.4. The summed E-state index contributed by atoms with van der Waals surface area (Å²) in [4.78, 5) is 38.3. The highest BCUT2D eigenvalue weighted by atomic mass is 16.6. The highest BCUT2D eigenvalue weighted by molar-refractivity contribution is 6.00. The predicted octanol–water partition coefficient (Wildman–Crippen LogP) is 7.75. The van der Waals surface area contributed by atoms with Crippen LogP contribution in [0.25, 0.3) is 0 Å². The molecule has 2 N–H and O–H groups in total. The second-order valence-corrected chi connectivity index (χ2v) is 15.2. The van der Waals surface area contributed by atoms with Crippen LogP contribution in [0.2, 0.25) is 0 Å². The minimum absolute atomic E-state index is 0.0139. The van der Waals surface area contributed by atoms with E-state index in [0.29, 0.717) is 18.4 Å². The van der Waals surface area contributed by atoms with Gasteiger partial charge in [0.1, 0.15) is 12.2 Å². The van der Waals surface area contributed by atoms with Gasteiger partial charge in [0, 0.05) is 48.3 Å². The number of aliphatic hydroxyl groups excluding tert-OH is 1. The molecule has 0 spiro atoms. The molecule has 4 aliphatic rings. The molecule has 0 bridgehead atoms. The Labute approximate surface area is 282 Å². The van der Waals surface area contributed by atoms with Gasteiger partial charge in [0.2, 0.25) is 0 Å². The van der Waals surface area contributed by atoms with E-state index in [9.17, 15) is 24.6 Å². The van der Waals surface area contributed by atoms with Crippen LogP contribution in [0.4, 0.5) is 0 Å². The lowest BCUT2D eigenvalue weighted by atomic mass is 9.60. The summed E-state index contributed by atoms with van der Waals surface area (Å²) in [5, 5.41) is 24.1. The van der Waals surface area contributed by atoms with E-state index in [2.05, 4.69) is 31.2 Å². The van der Waals surface area contributed by atoms with Crippen LogP contribution < -0.4 is 0 Å². The van der Waals surface area contributed by atoms with Crippen LogP contribution in [-0.2, 0) is 23.9 Å². The zero-order valence-corrected chi connectivity index (χ0v) is 29.8. The van der Waals surface area contributed by atoms with Crippen LogP contribution in [-0.4, -0.2) is 51.8 Å². The Bertz CT molecular complexity index is 1260. The van der Waals surface area contributed by atoms with Gasteiger partial charge in [-0.1, -0.05) is 96.3 Å². The number of hydrogen-bond donors (Lipinski definition) is 2. The second-order valence-electron chi connectivity index (χ2n) is 15.2. The standard InChI is InChI=1S/C40H60O7/c1-7-8-9-10-11-12-13-14-15-16-17-18-19-20-21-22-34(42)46-26-30-24-31-32(23-27(2)35(31)43)39(45)28(3)37(44)40(47-29(4)41)36(33(39)25-30)38(40,5)6/h11-12,14-15,23,25,28,31-33,36-37,44-45H,7-10,13,16-22,24,26H2,1-6H3/t28-,31-,32-,33+,36-,37-,39+,40-/m1/s1. The highest BCUT2D eigenvalue weighted by Crippen LogP contribution is 2.76. The lowest BCUT2D eigenvalue weighted by Gasteiger charge is -2.51. The van der Waals surface area contributed by atoms with Crippen LogP contribution >= 0.6 is 0 Å². The molecule has 7 heteroatoms. The average molecular weight is 653 g/mol. The molecule has 0 heterocycles. The summed E-state index contributed by atoms with van der Waals surface area (Å²) < 4.78 is 11.6. The molecular formula is C40H60O7. The lowest BCUT2D eigenvalue weighted by Crippen LogP contribution is -2.62. The van der Waals surface area contributed by atoms with E-state index in [1.807, 2.05) is 26.0 Å². The number of esters is 2. The molecule has 0 radical (unpaired) electrons. The Hall–Kier alpha value is -2.51. The van der Waals surface area contributed by atoms with Gasteiger partial charge in [-0.25, -0.2) is 0 Å². The molecule has 47 heavy (non-hydrogen) atoms. The highest BCUT2D eigenvalue weighted by Gasteiger charge is 2.86. The number of Topliss-reactive ketones (excluding diaryl/α,β-unsaturated/α-hetero) is 1. The SMILES string of the molecule is CCCCCC=CCC=CCCCCCCCC(=O)OCC1=C[C@H]2[C@@H]3C(C)(C)[C@]3(OC(C)=O)[C@H](O)[C@@H](C)[C@]2(O)[C@@H]2C=C(C)C(=O)[C@@H]2C1. The number of aliphatic hydroxyl groups is 2. The van der Waals surface area contributed by atoms with Gasteiger partial charge in [-0.2, -0.15) is 0 Å². The molecule has 0 aromatic heterocycles. The first kappa shape index (κ1) is 37.3. The van der Waals surface area contributed by atoms with Gasteiger partial charge in [0.25, 0.3) is 0 Å². The first-order valence-corrected chi connectivity index (χ1v) is 18.3. The molecule has 0 unspecified atom stereocenters. The van der Waals surface area contributed by atoms with Gasteiger partial charge in [-0.05, 0) is 63.0 Å². The number of unbranched alkanes of at least 4 members (excludes halogenated alkanes) is 8. The van der Waals surface area contributed by atoms with Gasteiger partial charge >= 0.3 is 11.9 Å². The topological polar surface area (TPSA) is 110 Å². The predicted molar refractivity (Wildman–Crippen MR) is 184 cm³/mol. The fourth-order valence-electron chi connectivity index (χ4n) is 9.16. The number of carbonyl (C=O) groups excluding carboxylic acids is 3. The molecule has 0 amide bonds. The van der Waals surface area contributed by atoms with E-state index >= 15 is 0 Å². The monoisotopic (exact) mass is 652 g/mol. The van der Waals surface area contributed by atoms with Crippen molar-refractivity contribution < 1.29 is 34.1 Å². The van der Waals surface area contributed by atoms with Crippen molar-refractivity contribution in [3.05, 3.63) is 47.6 Å². The summed E-state index contributed by atoms with van der Waals surface area (Å²) >= 11 is 0. The van der Waals surface area contributed by atoms with Crippen molar-refractivity contribution in [3.8, 4) is 0 Å². The Morgan fingerprint density at radius 1 is 0.957 bits per heavy atom. The van der Waals surface area contributed by atoms with Crippen molar-refractivity contribution in [2.24, 2.45) is 35.0 Å². The fourth-order valence-corrected chi connectivity index (χ4v) is 9.16. The van der Waals surface area contributed by atoms with E-state index in [1.54, 1.807) is 13.8 Å². The third-order valence-corrected chi connectivity index (χ3v) is 11.8. The quantitative estimate of drug-likeness (QED) is 0.0939. The van der Waals surface area contributed by atoms with Crippen LogP contribution in [0.15, 0.2) is 47.6 Å². The molecule has 4 rings (SSSR count). The Balaban J connectivity index is 1.28. The molecule has 4 aliphatic carbocycles. The van der Waals surface area contributed by atoms with E-state index in [0.717, 1.165) is 50.5 Å². The summed E-state index contributed by atoms with van der Waals surface area (Å²) in [5.74, 6) is -3.23. The van der Waals surface area contributed by atoms with E-state index in [4.69, 9.17) is 9.47 Å². The van der Waals surface area contributed by atoms with Crippen LogP contribution in [0, 0.1) is 35.0 Å². The first-order chi connectivity index (χ1) is 22.3. The largest absolute Gasteiger partial charge is 0.461 e. The minimum atomic E-state index is -1.42. The molecule has 262 valence electrons. The number of carbonyl (C=O) groups is 3. The molecule has 0 aromatic carbocycles. The molecule has 2 saturated carbocycles. The number of ketones is 1. The van der Waals surface area contributed by atoms with Gasteiger partial charge in [0.15, 0.2) is 5.78 Å². The van der Waals surface area contributed by atoms with Gasteiger partial charge in [-0.15, -0.1) is 0 Å². The average Bonchev–Trinajstić information content (AvgIpc) is 3.42. The Morgan fingerprint density at radius 3 is 2.26 bits per heavy atom. The summed E-state index contributed by atoms with van der Waals surface area (Å²) in [6, 6.07) is 0. The zero-order valence-electron chi connectivity index (χ0n) is 29.8. The Kier molecular flexibility index (Phi) is 12.5. The van der Waals surface area contributed by atoms with E-state index < -0.39 is 52.4 Å². The lowest BCUT2D eigenvalue weighted by molar-refractivity contribution is -0.207. The van der Waals surface area contributed by atoms with Crippen LogP contribution in [0.5, 0.6) is 0 Å². The van der Waals surface area contributed by atoms with Crippen molar-refractivity contribution in [3.63, 3.8) is 0 Å². The molecule has 0 aliphatic heterocycles. The molecule has 8 atom stereocenters. The summed E-state index contributed by atoms with van der Waals surface area (Å²) in [5.41, 5.74) is -1.74. The smallest absolute Gasteiger partial charge is 0.306 e. The summed E-state index contributed by atoms with van der Waals surface area (Å²) in [7, 11) is 0. The normalized spacial score (nSPS) is 33.9. The van der Waals surface area contributed by atoms with Crippen molar-refractivity contribution in [2.45, 2.75) is 142 Å². The molecule has 7 nitrogen and oxygen atoms in total. The van der Waals surface area contributed by atoms with Crippen molar-refractivity contribution in [2.75, 3.05) is 6.61 Å². The van der Waals surface area contributed by atoms with E-state index in [-0.39, 0.29) is 24.3 Å². The van der Waals surface area contributed by atoms with Gasteiger partial charge in [0.05, 0.1) is 11.7 Å². The summed E-state index contributed by atoms with van der Waals surface area (Å²) in [6.07, 6.45) is 24.8. The Morgan fingerprint density at radius 2 is 1.60 bits per heavy atom. The third-order valence-electron chi connectivity index (χ3n) is 11.8. The molecule has 0 saturated heterocycles. The van der Waals surface area contributed by atoms with Gasteiger partial charge < -0.3 is 19.7 Å². The minimum Gasteiger partial charge on any atom is -0.461 e. The van der Waals surface area contributed by atoms with Crippen LogP contribution in [0.3, 0.4) is 0 Å². The van der Waals surface area contributed by atoms with E-state index in [1.165, 1.54) is 32.6 Å². The van der Waals surface area contributed by atoms with Gasteiger partial charge in [-0.3, -0.25) is 14.4 Å². The maximum Gasteiger partial charge on any atom is 0.306 e. The van der Waals surface area contributed by atoms with Crippen molar-refractivity contribution in [1.29, 1.82) is 0 Å². The second kappa shape index (κ2) is 15.8. The molecule has 2 fully saturated rings. The number of rotatable bonds is 17. The maximum atomic E-state index is 13.3. The maximum absolute atomic E-state index is 13.3. The number of ether oxygens (including phenoxy) is 2. The van der Waals surface area contributed by atoms with Crippen molar-refractivity contribution >= 4 is 17.7 Å². The third kappa shape index (κ3) is 7.56. The first-order valence-electron chi connectivity index (χ1n) is 18.3. The number of allylic oxidation sites excluding steroid dienone is 5. The summed E-state index contributed by atoms with van der Waals surface area (Å²) in [6.45, 7) is 11.1. The molecular weight excluding hydrogens is 592 g/mol. The molecule has 0 aromatic rings. The number of fused-ring (bicyclic) bond motifs is 5. The van der Waals surface area contributed by atoms with Crippen LogP contribution in [0.1, 0.15) is 125 Å². The van der Waals surface area contributed by atoms with Crippen molar-refractivity contribution in [1.82, 2.24) is 0 Å². The number of hydrogen-bond acceptors (Lipinski definition) is 7. The fraction of sp³-hybridized carbons (Fsp3) is 0.725.